The summed E-state index contributed by atoms with van der Waals surface area (Å²) in [6.07, 6.45) is 6.00. The van der Waals surface area contributed by atoms with Crippen molar-refractivity contribution < 1.29 is 14.3 Å². The maximum atomic E-state index is 12.8. The number of rotatable bonds is 2. The van der Waals surface area contributed by atoms with Gasteiger partial charge in [-0.15, -0.1) is 0 Å². The van der Waals surface area contributed by atoms with E-state index in [1.165, 1.54) is 11.1 Å². The summed E-state index contributed by atoms with van der Waals surface area (Å²) in [4.78, 5) is 12.8. The number of Topliss-reactive ketones (excluding diaryl/α,β-unsaturated/α-hetero) is 1. The molecule has 0 aromatic heterocycles. The van der Waals surface area contributed by atoms with Gasteiger partial charge in [0, 0.05) is 11.0 Å². The number of carbonyl (C=O) groups excluding carboxylic acids is 1. The fourth-order valence-corrected chi connectivity index (χ4v) is 6.88. The number of aliphatic hydroxyl groups excluding tert-OH is 1. The highest BCUT2D eigenvalue weighted by atomic mass is 28.4. The van der Waals surface area contributed by atoms with E-state index >= 15 is 0 Å². The first-order valence-corrected chi connectivity index (χ1v) is 14.1. The Bertz CT molecular complexity index is 863. The largest absolute Gasteiger partial charge is 0.543 e. The molecule has 0 saturated heterocycles. The third-order valence-electron chi connectivity index (χ3n) is 8.67. The minimum atomic E-state index is -1.84. The van der Waals surface area contributed by atoms with Crippen molar-refractivity contribution in [2.45, 2.75) is 83.8 Å². The van der Waals surface area contributed by atoms with E-state index in [1.807, 2.05) is 0 Å². The Morgan fingerprint density at radius 1 is 1.24 bits per heavy atom. The quantitative estimate of drug-likeness (QED) is 0.340. The van der Waals surface area contributed by atoms with Crippen molar-refractivity contribution in [2.75, 3.05) is 0 Å². The van der Waals surface area contributed by atoms with Gasteiger partial charge in [-0.25, -0.2) is 0 Å². The highest BCUT2D eigenvalue weighted by molar-refractivity contribution is 6.74. The number of carbonyl (C=O) groups is 1. The van der Waals surface area contributed by atoms with Gasteiger partial charge in [-0.3, -0.25) is 4.79 Å². The molecule has 3 nitrogen and oxygen atoms in total. The van der Waals surface area contributed by atoms with E-state index in [1.54, 1.807) is 0 Å². The summed E-state index contributed by atoms with van der Waals surface area (Å²) in [7, 11) is -1.84. The van der Waals surface area contributed by atoms with Crippen LogP contribution in [0.2, 0.25) is 18.1 Å². The topological polar surface area (TPSA) is 46.5 Å². The first-order valence-electron chi connectivity index (χ1n) is 11.2. The summed E-state index contributed by atoms with van der Waals surface area (Å²) < 4.78 is 6.56. The maximum absolute atomic E-state index is 12.8. The number of hydrogen-bond donors (Lipinski definition) is 1. The molecule has 0 aliphatic heterocycles. The van der Waals surface area contributed by atoms with Gasteiger partial charge in [-0.2, -0.15) is 0 Å². The Kier molecular flexibility index (Phi) is 4.81. The van der Waals surface area contributed by atoms with E-state index in [-0.39, 0.29) is 16.2 Å². The van der Waals surface area contributed by atoms with E-state index < -0.39 is 8.32 Å². The monoisotopic (exact) mass is 412 g/mol. The molecule has 4 atom stereocenters. The molecular weight excluding hydrogens is 376 g/mol. The lowest BCUT2D eigenvalue weighted by atomic mass is 9.55. The number of aliphatic hydroxyl groups is 1. The summed E-state index contributed by atoms with van der Waals surface area (Å²) in [5.41, 5.74) is 3.27. The van der Waals surface area contributed by atoms with Crippen LogP contribution in [-0.2, 0) is 11.2 Å². The molecule has 4 heteroatoms. The van der Waals surface area contributed by atoms with E-state index in [2.05, 4.69) is 59.0 Å². The summed E-state index contributed by atoms with van der Waals surface area (Å²) in [6, 6.07) is 6.77. The normalized spacial score (nSPS) is 33.2. The molecule has 2 fully saturated rings. The van der Waals surface area contributed by atoms with Gasteiger partial charge in [0.2, 0.25) is 8.32 Å². The van der Waals surface area contributed by atoms with Crippen molar-refractivity contribution in [1.82, 2.24) is 0 Å². The van der Waals surface area contributed by atoms with E-state index in [4.69, 9.17) is 4.43 Å². The summed E-state index contributed by atoms with van der Waals surface area (Å²) in [5.74, 6) is 2.64. The molecular formula is C25H36O3Si. The van der Waals surface area contributed by atoms with Crippen LogP contribution >= 0.6 is 0 Å². The Balaban J connectivity index is 1.60. The fourth-order valence-electron chi connectivity index (χ4n) is 5.86. The number of allylic oxidation sites excluding steroid dienone is 1. The van der Waals surface area contributed by atoms with Crippen LogP contribution in [0.3, 0.4) is 0 Å². The molecule has 4 rings (SSSR count). The molecule has 0 radical (unpaired) electrons. The molecule has 0 bridgehead atoms. The Hall–Kier alpha value is -1.55. The number of hydrogen-bond acceptors (Lipinski definition) is 3. The van der Waals surface area contributed by atoms with Crippen molar-refractivity contribution >= 4 is 14.1 Å². The van der Waals surface area contributed by atoms with Crippen molar-refractivity contribution in [2.24, 2.45) is 17.3 Å². The Morgan fingerprint density at radius 2 is 1.97 bits per heavy atom. The van der Waals surface area contributed by atoms with Crippen LogP contribution in [0.25, 0.3) is 0 Å². The van der Waals surface area contributed by atoms with Crippen molar-refractivity contribution in [3.05, 3.63) is 41.2 Å². The second-order valence-electron chi connectivity index (χ2n) is 11.3. The van der Waals surface area contributed by atoms with E-state index in [0.717, 1.165) is 44.1 Å². The van der Waals surface area contributed by atoms with Crippen LogP contribution < -0.4 is 4.43 Å². The van der Waals surface area contributed by atoms with Crippen molar-refractivity contribution in [3.8, 4) is 5.75 Å². The zero-order chi connectivity index (χ0) is 21.2. The average molecular weight is 413 g/mol. The van der Waals surface area contributed by atoms with Crippen LogP contribution in [0.4, 0.5) is 0 Å². The van der Waals surface area contributed by atoms with Gasteiger partial charge >= 0.3 is 0 Å². The molecule has 158 valence electrons. The lowest BCUT2D eigenvalue weighted by Gasteiger charge is -2.48. The molecule has 2 saturated carbocycles. The molecule has 29 heavy (non-hydrogen) atoms. The van der Waals surface area contributed by atoms with Gasteiger partial charge in [0.05, 0.1) is 6.26 Å². The molecule has 0 amide bonds. The minimum Gasteiger partial charge on any atom is -0.543 e. The van der Waals surface area contributed by atoms with Gasteiger partial charge in [-0.1, -0.05) is 33.8 Å². The second kappa shape index (κ2) is 6.73. The highest BCUT2D eigenvalue weighted by Crippen LogP contribution is 2.60. The van der Waals surface area contributed by atoms with Crippen molar-refractivity contribution in [3.63, 3.8) is 0 Å². The second-order valence-corrected chi connectivity index (χ2v) is 16.0. The predicted molar refractivity (Wildman–Crippen MR) is 120 cm³/mol. The summed E-state index contributed by atoms with van der Waals surface area (Å²) in [5, 5.41) is 9.73. The van der Waals surface area contributed by atoms with Crippen LogP contribution in [0.1, 0.15) is 70.4 Å². The zero-order valence-electron chi connectivity index (χ0n) is 18.8. The third-order valence-corrected chi connectivity index (χ3v) is 13.0. The number of benzene rings is 1. The van der Waals surface area contributed by atoms with Crippen LogP contribution in [0, 0.1) is 17.3 Å². The summed E-state index contributed by atoms with van der Waals surface area (Å²) in [6.45, 7) is 13.6. The molecule has 1 aromatic rings. The molecule has 0 heterocycles. The fraction of sp³-hybridized carbons (Fsp3) is 0.640. The Labute approximate surface area is 176 Å². The van der Waals surface area contributed by atoms with Crippen molar-refractivity contribution in [1.29, 1.82) is 0 Å². The molecule has 0 spiro atoms. The first-order chi connectivity index (χ1) is 13.5. The molecule has 3 aliphatic rings. The number of aryl methyl sites for hydroxylation is 1. The standard InChI is InChI=1S/C25H36O3Si/c1-24(2,3)29(5,6)28-18-8-10-19-16(13-18)7-9-21-20(19)11-12-25(4)22(21)14-17(15-26)23(25)27/h8,10,13,15,20-22,26H,7,9,11-12,14H2,1-6H3/b17-15-/t20-,21-,22+,25+/m1/s1. The molecule has 3 aliphatic carbocycles. The Morgan fingerprint density at radius 3 is 2.62 bits per heavy atom. The molecule has 0 unspecified atom stereocenters. The maximum Gasteiger partial charge on any atom is 0.250 e. The van der Waals surface area contributed by atoms with Crippen LogP contribution in [0.5, 0.6) is 5.75 Å². The van der Waals surface area contributed by atoms with E-state index in [0.29, 0.717) is 23.3 Å². The average Bonchev–Trinajstić information content (AvgIpc) is 2.91. The van der Waals surface area contributed by atoms with Gasteiger partial charge in [0.25, 0.3) is 0 Å². The van der Waals surface area contributed by atoms with Crippen LogP contribution in [-0.4, -0.2) is 19.2 Å². The van der Waals surface area contributed by atoms with Gasteiger partial charge in [-0.05, 0) is 91.2 Å². The zero-order valence-corrected chi connectivity index (χ0v) is 19.8. The van der Waals surface area contributed by atoms with Gasteiger partial charge < -0.3 is 9.53 Å². The van der Waals surface area contributed by atoms with Crippen LogP contribution in [0.15, 0.2) is 30.0 Å². The lowest BCUT2D eigenvalue weighted by molar-refractivity contribution is -0.127. The lowest BCUT2D eigenvalue weighted by Crippen LogP contribution is -2.44. The summed E-state index contributed by atoms with van der Waals surface area (Å²) >= 11 is 0. The SMILES string of the molecule is CC(C)(C)[Si](C)(C)Oc1ccc2c(c1)CC[C@@H]1[C@@H]2CC[C@]2(C)C(=O)/C(=C\O)C[C@@H]12. The highest BCUT2D eigenvalue weighted by Gasteiger charge is 2.56. The third kappa shape index (κ3) is 3.18. The molecule has 1 aromatic carbocycles. The van der Waals surface area contributed by atoms with E-state index in [9.17, 15) is 9.90 Å². The minimum absolute atomic E-state index is 0.187. The van der Waals surface area contributed by atoms with Gasteiger partial charge in [0.15, 0.2) is 5.78 Å². The van der Waals surface area contributed by atoms with Gasteiger partial charge in [0.1, 0.15) is 5.75 Å². The smallest absolute Gasteiger partial charge is 0.250 e. The number of fused-ring (bicyclic) bond motifs is 5. The number of ketones is 1. The molecule has 1 N–H and O–H groups in total. The predicted octanol–water partition coefficient (Wildman–Crippen LogP) is 6.55. The first kappa shape index (κ1) is 20.7.